The van der Waals surface area contributed by atoms with E-state index in [2.05, 4.69) is 42.9 Å². The number of benzene rings is 2. The van der Waals surface area contributed by atoms with Crippen LogP contribution in [0.15, 0.2) is 59.7 Å². The number of hydrogen-bond donors (Lipinski definition) is 1. The average Bonchev–Trinajstić information content (AvgIpc) is 3.11. The highest BCUT2D eigenvalue weighted by molar-refractivity contribution is 5.74. The molecule has 0 aliphatic carbocycles. The maximum Gasteiger partial charge on any atom is 0.310 e. The van der Waals surface area contributed by atoms with Crippen molar-refractivity contribution in [3.63, 3.8) is 0 Å². The highest BCUT2D eigenvalue weighted by atomic mass is 16.5. The minimum absolute atomic E-state index is 0.0716. The summed E-state index contributed by atoms with van der Waals surface area (Å²) < 4.78 is 18.8. The fourth-order valence-corrected chi connectivity index (χ4v) is 5.97. The van der Waals surface area contributed by atoms with E-state index in [1.54, 1.807) is 6.92 Å². The molecule has 0 bridgehead atoms. The third kappa shape index (κ3) is 9.77. The van der Waals surface area contributed by atoms with Crippen LogP contribution in [0.25, 0.3) is 5.95 Å². The van der Waals surface area contributed by atoms with Gasteiger partial charge in [0, 0.05) is 17.5 Å². The molecule has 1 amide bonds. The van der Waals surface area contributed by atoms with E-state index in [1.165, 1.54) is 24.1 Å². The van der Waals surface area contributed by atoms with Crippen LogP contribution in [0, 0.1) is 6.92 Å². The van der Waals surface area contributed by atoms with E-state index in [-0.39, 0.29) is 42.1 Å². The fraction of sp³-hybridized carbons (Fsp3) is 0.436. The molecule has 0 saturated heterocycles. The Balaban J connectivity index is 1.74. The van der Waals surface area contributed by atoms with Crippen LogP contribution in [0.4, 0.5) is 0 Å². The molecule has 1 unspecified atom stereocenters. The molecule has 0 radical (unpaired) electrons. The summed E-state index contributed by atoms with van der Waals surface area (Å²) >= 11 is 0. The monoisotopic (exact) mass is 683 g/mol. The average molecular weight is 684 g/mol. The quantitative estimate of drug-likeness (QED) is 0.0862. The number of aromatic nitrogens is 4. The first-order chi connectivity index (χ1) is 24.2. The molecule has 0 aliphatic heterocycles. The van der Waals surface area contributed by atoms with E-state index in [9.17, 15) is 14.4 Å². The van der Waals surface area contributed by atoms with Gasteiger partial charge in [0.2, 0.25) is 11.9 Å². The van der Waals surface area contributed by atoms with E-state index in [4.69, 9.17) is 24.9 Å². The normalized spacial score (nSPS) is 11.6. The van der Waals surface area contributed by atoms with Crippen molar-refractivity contribution >= 4 is 11.9 Å². The van der Waals surface area contributed by atoms with Gasteiger partial charge in [-0.1, -0.05) is 70.0 Å². The number of unbranched alkanes of at least 4 members (excludes halogenated alkanes) is 1. The van der Waals surface area contributed by atoms with Gasteiger partial charge in [-0.15, -0.1) is 0 Å². The number of nitrogens with zero attached hydrogens (tertiary/aromatic N) is 4. The summed E-state index contributed by atoms with van der Waals surface area (Å²) in [4.78, 5) is 51.5. The topological polar surface area (TPSA) is 149 Å². The fourth-order valence-electron chi connectivity index (χ4n) is 5.97. The van der Waals surface area contributed by atoms with Crippen LogP contribution in [0.5, 0.6) is 17.2 Å². The first-order valence-electron chi connectivity index (χ1n) is 17.5. The summed E-state index contributed by atoms with van der Waals surface area (Å²) in [6.07, 6.45) is 9.28. The zero-order chi connectivity index (χ0) is 36.0. The lowest BCUT2D eigenvalue weighted by molar-refractivity contribution is -0.139. The number of carbonyl (C=O) groups excluding carboxylic acids is 2. The Bertz CT molecular complexity index is 1800. The van der Waals surface area contributed by atoms with Crippen LogP contribution in [-0.2, 0) is 40.0 Å². The van der Waals surface area contributed by atoms with E-state index < -0.39 is 0 Å². The van der Waals surface area contributed by atoms with Crippen molar-refractivity contribution in [1.82, 2.24) is 19.5 Å². The Morgan fingerprint density at radius 2 is 1.68 bits per heavy atom. The maximum absolute atomic E-state index is 14.4. The molecular formula is C39H49N5O6. The van der Waals surface area contributed by atoms with Crippen LogP contribution in [0.1, 0.15) is 99.0 Å². The summed E-state index contributed by atoms with van der Waals surface area (Å²) in [5.74, 6) is 1.68. The van der Waals surface area contributed by atoms with E-state index in [0.29, 0.717) is 48.8 Å². The highest BCUT2D eigenvalue weighted by Gasteiger charge is 2.25. The van der Waals surface area contributed by atoms with Gasteiger partial charge in [-0.25, -0.2) is 19.5 Å². The molecule has 0 aliphatic rings. The van der Waals surface area contributed by atoms with Gasteiger partial charge in [0.25, 0.3) is 5.56 Å². The van der Waals surface area contributed by atoms with Crippen molar-refractivity contribution < 1.29 is 23.8 Å². The van der Waals surface area contributed by atoms with Crippen molar-refractivity contribution in [3.05, 3.63) is 99.0 Å². The zero-order valence-electron chi connectivity index (χ0n) is 29.9. The second kappa shape index (κ2) is 18.6. The summed E-state index contributed by atoms with van der Waals surface area (Å²) in [6, 6.07) is 13.7. The Labute approximate surface area is 294 Å². The Morgan fingerprint density at radius 1 is 0.940 bits per heavy atom. The predicted molar refractivity (Wildman–Crippen MR) is 192 cm³/mol. The van der Waals surface area contributed by atoms with Gasteiger partial charge in [-0.05, 0) is 68.6 Å². The number of nitrogens with two attached hydrogens (primary N) is 1. The lowest BCUT2D eigenvalue weighted by atomic mass is 9.86. The Kier molecular flexibility index (Phi) is 14.1. The van der Waals surface area contributed by atoms with E-state index >= 15 is 0 Å². The summed E-state index contributed by atoms with van der Waals surface area (Å²) in [6.45, 7) is 8.45. The second-order valence-electron chi connectivity index (χ2n) is 12.3. The maximum atomic E-state index is 14.4. The molecular weight excluding hydrogens is 634 g/mol. The summed E-state index contributed by atoms with van der Waals surface area (Å²) in [5, 5.41) is 0. The van der Waals surface area contributed by atoms with Gasteiger partial charge in [0.1, 0.15) is 17.3 Å². The van der Waals surface area contributed by atoms with E-state index in [1.807, 2.05) is 30.3 Å². The van der Waals surface area contributed by atoms with Crippen LogP contribution in [-0.4, -0.2) is 45.1 Å². The Hall–Kier alpha value is -5.06. The SMILES string of the molecule is CCCCc1nc(C)n(-c2ncc(OCCCC(N)=O)cn2)c(=O)c1CC(CC)c1cccc(CCC)c1Oc1ccccc1CC(=O)OC. The standard InChI is InChI=1S/C39H49N5O6/c1-6-9-18-33-32(38(47)44(26(4)43-33)39-41-24-30(25-42-39)49-21-13-20-35(40)45)22-27(8-3)31-17-12-16-28(14-7-2)37(31)50-34-19-11-10-15-29(34)23-36(46)48-5/h10-12,15-17,19,24-25,27H,6-9,13-14,18,20-23H2,1-5H3,(H2,40,45). The summed E-state index contributed by atoms with van der Waals surface area (Å²) in [7, 11) is 1.38. The van der Waals surface area contributed by atoms with Crippen LogP contribution in [0.3, 0.4) is 0 Å². The molecule has 0 spiro atoms. The van der Waals surface area contributed by atoms with Crippen molar-refractivity contribution in [2.24, 2.45) is 5.73 Å². The van der Waals surface area contributed by atoms with Crippen LogP contribution in [0.2, 0.25) is 0 Å². The smallest absolute Gasteiger partial charge is 0.310 e. The minimum atomic E-state index is -0.385. The number of aryl methyl sites for hydroxylation is 3. The lowest BCUT2D eigenvalue weighted by Crippen LogP contribution is -2.30. The first kappa shape index (κ1) is 37.8. The third-order valence-corrected chi connectivity index (χ3v) is 8.62. The molecule has 0 saturated carbocycles. The van der Waals surface area contributed by atoms with Crippen molar-refractivity contribution in [3.8, 4) is 23.2 Å². The molecule has 2 heterocycles. The van der Waals surface area contributed by atoms with Gasteiger partial charge < -0.3 is 19.9 Å². The van der Waals surface area contributed by atoms with Gasteiger partial charge >= 0.3 is 5.97 Å². The van der Waals surface area contributed by atoms with E-state index in [0.717, 1.165) is 60.2 Å². The van der Waals surface area contributed by atoms with Gasteiger partial charge in [-0.2, -0.15) is 0 Å². The van der Waals surface area contributed by atoms with Crippen LogP contribution < -0.4 is 20.8 Å². The molecule has 2 aromatic heterocycles. The van der Waals surface area contributed by atoms with Crippen molar-refractivity contribution in [1.29, 1.82) is 0 Å². The number of carbonyl (C=O) groups is 2. The molecule has 266 valence electrons. The second-order valence-corrected chi connectivity index (χ2v) is 12.3. The van der Waals surface area contributed by atoms with Crippen molar-refractivity contribution in [2.45, 2.75) is 97.8 Å². The number of methoxy groups -OCH3 is 1. The number of para-hydroxylation sites is 2. The molecule has 2 N–H and O–H groups in total. The largest absolute Gasteiger partial charge is 0.490 e. The highest BCUT2D eigenvalue weighted by Crippen LogP contribution is 2.39. The van der Waals surface area contributed by atoms with Gasteiger partial charge in [0.15, 0.2) is 5.75 Å². The summed E-state index contributed by atoms with van der Waals surface area (Å²) in [5.41, 5.74) is 9.22. The molecule has 0 fully saturated rings. The number of ether oxygens (including phenoxy) is 3. The van der Waals surface area contributed by atoms with Gasteiger partial charge in [-0.3, -0.25) is 14.4 Å². The molecule has 50 heavy (non-hydrogen) atoms. The Morgan fingerprint density at radius 3 is 2.36 bits per heavy atom. The number of rotatable bonds is 19. The predicted octanol–water partition coefficient (Wildman–Crippen LogP) is 6.51. The number of hydrogen-bond acceptors (Lipinski definition) is 9. The zero-order valence-corrected chi connectivity index (χ0v) is 29.9. The molecule has 11 nitrogen and oxygen atoms in total. The van der Waals surface area contributed by atoms with Gasteiger partial charge in [0.05, 0.1) is 38.2 Å². The molecule has 4 rings (SSSR count). The van der Waals surface area contributed by atoms with Crippen LogP contribution >= 0.6 is 0 Å². The molecule has 2 aromatic carbocycles. The minimum Gasteiger partial charge on any atom is -0.490 e. The molecule has 1 atom stereocenters. The molecule has 11 heteroatoms. The number of esters is 1. The lowest BCUT2D eigenvalue weighted by Gasteiger charge is -2.24. The molecule has 4 aromatic rings. The number of amides is 1. The number of primary amides is 1. The van der Waals surface area contributed by atoms with Crippen molar-refractivity contribution in [2.75, 3.05) is 13.7 Å². The first-order valence-corrected chi connectivity index (χ1v) is 17.5. The third-order valence-electron chi connectivity index (χ3n) is 8.62.